The Balaban J connectivity index is 2.37. The highest BCUT2D eigenvalue weighted by atomic mass is 32.2. The van der Waals surface area contributed by atoms with Crippen LogP contribution < -0.4 is 4.74 Å². The molecule has 0 unspecified atom stereocenters. The van der Waals surface area contributed by atoms with E-state index in [0.29, 0.717) is 5.92 Å². The zero-order valence-electron chi connectivity index (χ0n) is 12.5. The van der Waals surface area contributed by atoms with Crippen LogP contribution in [-0.2, 0) is 6.54 Å². The van der Waals surface area contributed by atoms with E-state index in [1.165, 1.54) is 0 Å². The zero-order chi connectivity index (χ0) is 14.5. The highest BCUT2D eigenvalue weighted by Crippen LogP contribution is 2.31. The number of nitrogens with zero attached hydrogens (tertiary/aromatic N) is 3. The summed E-state index contributed by atoms with van der Waals surface area (Å²) in [6.07, 6.45) is 0. The van der Waals surface area contributed by atoms with Crippen LogP contribution in [0.2, 0.25) is 0 Å². The van der Waals surface area contributed by atoms with Crippen molar-refractivity contribution in [1.82, 2.24) is 14.8 Å². The van der Waals surface area contributed by atoms with Crippen LogP contribution >= 0.6 is 11.8 Å². The minimum Gasteiger partial charge on any atom is -0.496 e. The van der Waals surface area contributed by atoms with Gasteiger partial charge in [-0.3, -0.25) is 0 Å². The topological polar surface area (TPSA) is 39.9 Å². The van der Waals surface area contributed by atoms with Gasteiger partial charge in [0, 0.05) is 12.3 Å². The second-order valence-electron chi connectivity index (χ2n) is 4.96. The minimum atomic E-state index is 0.636. The second-order valence-corrected chi connectivity index (χ2v) is 5.94. The molecule has 0 aliphatic rings. The summed E-state index contributed by atoms with van der Waals surface area (Å²) in [6.45, 7) is 7.38. The van der Waals surface area contributed by atoms with E-state index < -0.39 is 0 Å². The van der Waals surface area contributed by atoms with Gasteiger partial charge in [0.05, 0.1) is 12.7 Å². The number of para-hydroxylation sites is 1. The molecule has 0 saturated heterocycles. The molecule has 0 amide bonds. The first kappa shape index (κ1) is 14.9. The van der Waals surface area contributed by atoms with Gasteiger partial charge in [0.25, 0.3) is 0 Å². The predicted octanol–water partition coefficient (Wildman–Crippen LogP) is 3.72. The first-order valence-electron chi connectivity index (χ1n) is 6.86. The van der Waals surface area contributed by atoms with Crippen LogP contribution in [0.25, 0.3) is 11.4 Å². The van der Waals surface area contributed by atoms with Gasteiger partial charge >= 0.3 is 0 Å². The van der Waals surface area contributed by atoms with Gasteiger partial charge in [0.2, 0.25) is 0 Å². The number of ether oxygens (including phenoxy) is 1. The fourth-order valence-corrected chi connectivity index (χ4v) is 2.90. The van der Waals surface area contributed by atoms with Gasteiger partial charge in [-0.05, 0) is 25.0 Å². The number of aromatic nitrogens is 3. The van der Waals surface area contributed by atoms with Gasteiger partial charge in [-0.25, -0.2) is 0 Å². The molecule has 2 rings (SSSR count). The fourth-order valence-electron chi connectivity index (χ4n) is 1.95. The van der Waals surface area contributed by atoms with Crippen LogP contribution in [0.5, 0.6) is 5.75 Å². The Morgan fingerprint density at radius 1 is 1.25 bits per heavy atom. The van der Waals surface area contributed by atoms with Crippen molar-refractivity contribution in [2.45, 2.75) is 32.5 Å². The Kier molecular flexibility index (Phi) is 5.06. The summed E-state index contributed by atoms with van der Waals surface area (Å²) in [4.78, 5) is 0. The van der Waals surface area contributed by atoms with Crippen molar-refractivity contribution < 1.29 is 4.74 Å². The molecule has 5 heteroatoms. The van der Waals surface area contributed by atoms with E-state index in [-0.39, 0.29) is 0 Å². The SMILES string of the molecule is CCn1c(SCC(C)C)nnc1-c1ccccc1OC. The van der Waals surface area contributed by atoms with Crippen LogP contribution in [0, 0.1) is 5.92 Å². The average Bonchev–Trinajstić information content (AvgIpc) is 2.87. The zero-order valence-corrected chi connectivity index (χ0v) is 13.3. The summed E-state index contributed by atoms with van der Waals surface area (Å²) < 4.78 is 7.56. The summed E-state index contributed by atoms with van der Waals surface area (Å²) >= 11 is 1.76. The maximum atomic E-state index is 5.42. The molecule has 0 aliphatic heterocycles. The summed E-state index contributed by atoms with van der Waals surface area (Å²) in [5.41, 5.74) is 0.987. The first-order valence-corrected chi connectivity index (χ1v) is 7.85. The second kappa shape index (κ2) is 6.79. The quantitative estimate of drug-likeness (QED) is 0.760. The van der Waals surface area contributed by atoms with Crippen molar-refractivity contribution in [3.8, 4) is 17.1 Å². The summed E-state index contributed by atoms with van der Waals surface area (Å²) in [6, 6.07) is 7.92. The maximum Gasteiger partial charge on any atom is 0.191 e. The molecule has 0 bridgehead atoms. The fraction of sp³-hybridized carbons (Fsp3) is 0.467. The van der Waals surface area contributed by atoms with Gasteiger partial charge in [-0.2, -0.15) is 0 Å². The molecular formula is C15H21N3OS. The molecular weight excluding hydrogens is 270 g/mol. The average molecular weight is 291 g/mol. The third-order valence-electron chi connectivity index (χ3n) is 2.93. The lowest BCUT2D eigenvalue weighted by atomic mass is 10.2. The van der Waals surface area contributed by atoms with E-state index in [0.717, 1.165) is 34.6 Å². The van der Waals surface area contributed by atoms with Gasteiger partial charge in [0.1, 0.15) is 5.75 Å². The number of benzene rings is 1. The number of rotatable bonds is 6. The highest BCUT2D eigenvalue weighted by Gasteiger charge is 2.16. The molecule has 0 saturated carbocycles. The number of hydrogen-bond donors (Lipinski definition) is 0. The van der Waals surface area contributed by atoms with Crippen molar-refractivity contribution in [1.29, 1.82) is 0 Å². The van der Waals surface area contributed by atoms with E-state index in [1.807, 2.05) is 24.3 Å². The number of thioether (sulfide) groups is 1. The monoisotopic (exact) mass is 291 g/mol. The minimum absolute atomic E-state index is 0.636. The number of hydrogen-bond acceptors (Lipinski definition) is 4. The first-order chi connectivity index (χ1) is 9.67. The standard InChI is InChI=1S/C15H21N3OS/c1-5-18-14(12-8-6-7-9-13(12)19-4)16-17-15(18)20-10-11(2)3/h6-9,11H,5,10H2,1-4H3. The van der Waals surface area contributed by atoms with Crippen LogP contribution in [0.3, 0.4) is 0 Å². The molecule has 1 aromatic heterocycles. The van der Waals surface area contributed by atoms with E-state index >= 15 is 0 Å². The smallest absolute Gasteiger partial charge is 0.191 e. The molecule has 1 aromatic carbocycles. The largest absolute Gasteiger partial charge is 0.496 e. The Labute approximate surface area is 124 Å². The van der Waals surface area contributed by atoms with Crippen molar-refractivity contribution in [2.24, 2.45) is 5.92 Å². The molecule has 108 valence electrons. The van der Waals surface area contributed by atoms with Gasteiger partial charge in [-0.1, -0.05) is 37.7 Å². The van der Waals surface area contributed by atoms with Crippen LogP contribution in [0.4, 0.5) is 0 Å². The predicted molar refractivity (Wildman–Crippen MR) is 83.2 cm³/mol. The van der Waals surface area contributed by atoms with E-state index in [9.17, 15) is 0 Å². The maximum absolute atomic E-state index is 5.42. The van der Waals surface area contributed by atoms with Crippen LogP contribution in [0.15, 0.2) is 29.4 Å². The van der Waals surface area contributed by atoms with Gasteiger partial charge in [-0.15, -0.1) is 10.2 Å². The Hall–Kier alpha value is -1.49. The third-order valence-corrected chi connectivity index (χ3v) is 4.32. The molecule has 0 spiro atoms. The molecule has 1 heterocycles. The molecule has 0 aliphatic carbocycles. The molecule has 0 radical (unpaired) electrons. The lowest BCUT2D eigenvalue weighted by Crippen LogP contribution is -2.02. The van der Waals surface area contributed by atoms with Crippen LogP contribution in [-0.4, -0.2) is 27.6 Å². The van der Waals surface area contributed by atoms with Crippen molar-refractivity contribution in [2.75, 3.05) is 12.9 Å². The molecule has 0 N–H and O–H groups in total. The van der Waals surface area contributed by atoms with Gasteiger partial charge in [0.15, 0.2) is 11.0 Å². The van der Waals surface area contributed by atoms with Crippen molar-refractivity contribution >= 4 is 11.8 Å². The number of methoxy groups -OCH3 is 1. The van der Waals surface area contributed by atoms with E-state index in [4.69, 9.17) is 4.74 Å². The third kappa shape index (κ3) is 3.15. The van der Waals surface area contributed by atoms with Crippen molar-refractivity contribution in [3.05, 3.63) is 24.3 Å². The molecule has 20 heavy (non-hydrogen) atoms. The summed E-state index contributed by atoms with van der Waals surface area (Å²) in [5.74, 6) is 3.38. The Bertz CT molecular complexity index is 566. The molecule has 2 aromatic rings. The Morgan fingerprint density at radius 3 is 2.65 bits per heavy atom. The molecule has 0 atom stereocenters. The van der Waals surface area contributed by atoms with E-state index in [1.54, 1.807) is 18.9 Å². The Morgan fingerprint density at radius 2 is 2.00 bits per heavy atom. The molecule has 0 fully saturated rings. The lowest BCUT2D eigenvalue weighted by Gasteiger charge is -2.10. The summed E-state index contributed by atoms with van der Waals surface area (Å²) in [7, 11) is 1.68. The van der Waals surface area contributed by atoms with Crippen LogP contribution in [0.1, 0.15) is 20.8 Å². The lowest BCUT2D eigenvalue weighted by molar-refractivity contribution is 0.416. The van der Waals surface area contributed by atoms with Crippen molar-refractivity contribution in [3.63, 3.8) is 0 Å². The van der Waals surface area contributed by atoms with E-state index in [2.05, 4.69) is 35.5 Å². The normalized spacial score (nSPS) is 11.1. The molecule has 4 nitrogen and oxygen atoms in total. The highest BCUT2D eigenvalue weighted by molar-refractivity contribution is 7.99. The van der Waals surface area contributed by atoms with Gasteiger partial charge < -0.3 is 9.30 Å². The summed E-state index contributed by atoms with van der Waals surface area (Å²) in [5, 5.41) is 9.66.